The third kappa shape index (κ3) is 5.17. The number of anilines is 1. The van der Waals surface area contributed by atoms with Crippen molar-refractivity contribution < 1.29 is 13.3 Å². The topological polar surface area (TPSA) is 110 Å². The minimum Gasteiger partial charge on any atom is -0.379 e. The molecule has 0 saturated carbocycles. The van der Waals surface area contributed by atoms with Gasteiger partial charge in [0.25, 0.3) is 5.69 Å². The average molecular weight is 436 g/mol. The van der Waals surface area contributed by atoms with Crippen molar-refractivity contribution in [3.05, 3.63) is 45.8 Å². The Hall–Kier alpha value is -2.46. The number of hydrogen-bond acceptors (Lipinski definition) is 6. The van der Waals surface area contributed by atoms with Gasteiger partial charge in [0.05, 0.1) is 15.5 Å². The van der Waals surface area contributed by atoms with Crippen LogP contribution >= 0.6 is 0 Å². The fraction of sp³-hybridized carbons (Fsp3) is 0.550. The van der Waals surface area contributed by atoms with Crippen molar-refractivity contribution in [2.24, 2.45) is 0 Å². The van der Waals surface area contributed by atoms with Crippen LogP contribution in [-0.4, -0.2) is 47.1 Å². The monoisotopic (exact) mass is 435 g/mol. The van der Waals surface area contributed by atoms with Gasteiger partial charge in [0.15, 0.2) is 0 Å². The number of nitrogens with zero attached hydrogens (tertiary/aromatic N) is 4. The molecule has 2 aromatic rings. The second kappa shape index (κ2) is 9.57. The van der Waals surface area contributed by atoms with Crippen molar-refractivity contribution >= 4 is 21.4 Å². The molecule has 0 amide bonds. The van der Waals surface area contributed by atoms with Gasteiger partial charge in [0.2, 0.25) is 10.0 Å². The van der Waals surface area contributed by atoms with E-state index in [1.54, 1.807) is 0 Å². The van der Waals surface area contributed by atoms with Gasteiger partial charge in [-0.25, -0.2) is 8.42 Å². The number of benzene rings is 1. The van der Waals surface area contributed by atoms with Crippen molar-refractivity contribution in [3.63, 3.8) is 0 Å². The Morgan fingerprint density at radius 1 is 1.13 bits per heavy atom. The zero-order valence-corrected chi connectivity index (χ0v) is 18.3. The summed E-state index contributed by atoms with van der Waals surface area (Å²) in [6, 6.07) is 6.12. The van der Waals surface area contributed by atoms with Crippen molar-refractivity contribution in [1.82, 2.24) is 14.1 Å². The van der Waals surface area contributed by atoms with Crippen molar-refractivity contribution in [3.8, 4) is 0 Å². The molecule has 0 bridgehead atoms. The van der Waals surface area contributed by atoms with Crippen LogP contribution in [0.3, 0.4) is 0 Å². The van der Waals surface area contributed by atoms with Crippen LogP contribution in [-0.2, 0) is 16.6 Å². The second-order valence-electron chi connectivity index (χ2n) is 7.68. The van der Waals surface area contributed by atoms with E-state index >= 15 is 0 Å². The molecule has 9 nitrogen and oxygen atoms in total. The Kier molecular flexibility index (Phi) is 7.09. The summed E-state index contributed by atoms with van der Waals surface area (Å²) in [4.78, 5) is 11.0. The highest BCUT2D eigenvalue weighted by atomic mass is 32.2. The van der Waals surface area contributed by atoms with Crippen molar-refractivity contribution in [2.75, 3.05) is 25.0 Å². The van der Waals surface area contributed by atoms with Gasteiger partial charge in [-0.05, 0) is 51.3 Å². The van der Waals surface area contributed by atoms with Gasteiger partial charge in [0, 0.05) is 37.9 Å². The number of nitro groups is 1. The molecule has 1 fully saturated rings. The summed E-state index contributed by atoms with van der Waals surface area (Å²) in [5.74, 6) is 0. The standard InChI is InChI=1S/C20H29N5O4S/c1-16-14-17(2)24(22-16)13-7-10-21-19-9-8-18(15-20(19)25(26)27)30(28,29)23-11-5-3-4-6-12-23/h8-9,14-15,21H,3-7,10-13H2,1-2H3. The van der Waals surface area contributed by atoms with Crippen LogP contribution in [0.2, 0.25) is 0 Å². The quantitative estimate of drug-likeness (QED) is 0.386. The highest BCUT2D eigenvalue weighted by molar-refractivity contribution is 7.89. The zero-order chi connectivity index (χ0) is 21.7. The van der Waals surface area contributed by atoms with E-state index in [1.807, 2.05) is 24.6 Å². The number of rotatable bonds is 8. The molecule has 0 aliphatic carbocycles. The van der Waals surface area contributed by atoms with Gasteiger partial charge in [-0.2, -0.15) is 9.40 Å². The molecule has 164 valence electrons. The molecule has 30 heavy (non-hydrogen) atoms. The lowest BCUT2D eigenvalue weighted by Crippen LogP contribution is -2.32. The largest absolute Gasteiger partial charge is 0.379 e. The summed E-state index contributed by atoms with van der Waals surface area (Å²) in [7, 11) is -3.73. The predicted molar refractivity (Wildman–Crippen MR) is 115 cm³/mol. The molecule has 0 radical (unpaired) electrons. The maximum absolute atomic E-state index is 13.0. The molecule has 1 aliphatic rings. The second-order valence-corrected chi connectivity index (χ2v) is 9.62. The van der Waals surface area contributed by atoms with E-state index in [0.29, 0.717) is 31.9 Å². The first-order chi connectivity index (χ1) is 14.3. The molecule has 1 saturated heterocycles. The Morgan fingerprint density at radius 3 is 2.43 bits per heavy atom. The van der Waals surface area contributed by atoms with Gasteiger partial charge in [0.1, 0.15) is 5.69 Å². The Morgan fingerprint density at radius 2 is 1.83 bits per heavy atom. The van der Waals surface area contributed by atoms with Crippen LogP contribution in [0, 0.1) is 24.0 Å². The summed E-state index contributed by atoms with van der Waals surface area (Å²) in [5, 5.41) is 19.0. The lowest BCUT2D eigenvalue weighted by molar-refractivity contribution is -0.384. The predicted octanol–water partition coefficient (Wildman–Crippen LogP) is 3.48. The van der Waals surface area contributed by atoms with E-state index in [4.69, 9.17) is 0 Å². The molecule has 0 spiro atoms. The third-order valence-electron chi connectivity index (χ3n) is 5.33. The lowest BCUT2D eigenvalue weighted by atomic mass is 10.2. The molecule has 1 aliphatic heterocycles. The van der Waals surface area contributed by atoms with Crippen LogP contribution in [0.1, 0.15) is 43.5 Å². The first-order valence-corrected chi connectivity index (χ1v) is 11.8. The number of aryl methyl sites for hydroxylation is 3. The minimum atomic E-state index is -3.73. The molecular formula is C20H29N5O4S. The van der Waals surface area contributed by atoms with Gasteiger partial charge < -0.3 is 5.32 Å². The maximum atomic E-state index is 13.0. The Balaban J connectivity index is 1.70. The molecular weight excluding hydrogens is 406 g/mol. The first kappa shape index (κ1) is 22.2. The molecule has 10 heteroatoms. The van der Waals surface area contributed by atoms with E-state index in [1.165, 1.54) is 22.5 Å². The fourth-order valence-corrected chi connectivity index (χ4v) is 5.29. The lowest BCUT2D eigenvalue weighted by Gasteiger charge is -2.20. The van der Waals surface area contributed by atoms with E-state index in [-0.39, 0.29) is 10.6 Å². The van der Waals surface area contributed by atoms with Crippen molar-refractivity contribution in [2.45, 2.75) is 57.4 Å². The molecule has 1 aromatic heterocycles. The Bertz CT molecular complexity index is 995. The first-order valence-electron chi connectivity index (χ1n) is 10.3. The summed E-state index contributed by atoms with van der Waals surface area (Å²) >= 11 is 0. The molecule has 1 aromatic carbocycles. The molecule has 0 atom stereocenters. The highest BCUT2D eigenvalue weighted by Gasteiger charge is 2.28. The number of hydrogen-bond donors (Lipinski definition) is 1. The summed E-state index contributed by atoms with van der Waals surface area (Å²) < 4.78 is 29.3. The van der Waals surface area contributed by atoms with E-state index in [2.05, 4.69) is 10.4 Å². The number of aromatic nitrogens is 2. The minimum absolute atomic E-state index is 0.0238. The van der Waals surface area contributed by atoms with Crippen LogP contribution < -0.4 is 5.32 Å². The average Bonchev–Trinajstić information content (AvgIpc) is 2.90. The summed E-state index contributed by atoms with van der Waals surface area (Å²) in [5.41, 5.74) is 2.12. The van der Waals surface area contributed by atoms with E-state index in [9.17, 15) is 18.5 Å². The number of sulfonamides is 1. The molecule has 2 heterocycles. The SMILES string of the molecule is Cc1cc(C)n(CCCNc2ccc(S(=O)(=O)N3CCCCCC3)cc2[N+](=O)[O-])n1. The van der Waals surface area contributed by atoms with Crippen molar-refractivity contribution in [1.29, 1.82) is 0 Å². The number of nitrogens with one attached hydrogen (secondary N) is 1. The Labute approximate surface area is 177 Å². The molecule has 0 unspecified atom stereocenters. The van der Waals surface area contributed by atoms with E-state index in [0.717, 1.165) is 43.5 Å². The van der Waals surface area contributed by atoms with Gasteiger partial charge >= 0.3 is 0 Å². The van der Waals surface area contributed by atoms with Gasteiger partial charge in [-0.1, -0.05) is 12.8 Å². The van der Waals surface area contributed by atoms with Crippen LogP contribution in [0.4, 0.5) is 11.4 Å². The zero-order valence-electron chi connectivity index (χ0n) is 17.5. The van der Waals surface area contributed by atoms with Crippen LogP contribution in [0.5, 0.6) is 0 Å². The number of nitro benzene ring substituents is 1. The maximum Gasteiger partial charge on any atom is 0.293 e. The third-order valence-corrected chi connectivity index (χ3v) is 7.23. The van der Waals surface area contributed by atoms with E-state index < -0.39 is 14.9 Å². The normalized spacial score (nSPS) is 15.7. The highest BCUT2D eigenvalue weighted by Crippen LogP contribution is 2.30. The molecule has 1 N–H and O–H groups in total. The van der Waals surface area contributed by atoms with Crippen LogP contribution in [0.15, 0.2) is 29.2 Å². The summed E-state index contributed by atoms with van der Waals surface area (Å²) in [6.45, 7) is 6.05. The molecule has 3 rings (SSSR count). The van der Waals surface area contributed by atoms with Gasteiger partial charge in [-0.15, -0.1) is 0 Å². The van der Waals surface area contributed by atoms with Crippen LogP contribution in [0.25, 0.3) is 0 Å². The van der Waals surface area contributed by atoms with Gasteiger partial charge in [-0.3, -0.25) is 14.8 Å². The summed E-state index contributed by atoms with van der Waals surface area (Å²) in [6.07, 6.45) is 4.37. The fourth-order valence-electron chi connectivity index (χ4n) is 3.76. The smallest absolute Gasteiger partial charge is 0.293 e.